The summed E-state index contributed by atoms with van der Waals surface area (Å²) in [6, 6.07) is 5.04. The normalized spacial score (nSPS) is 9.50. The first-order valence-corrected chi connectivity index (χ1v) is 4.44. The van der Waals surface area contributed by atoms with Gasteiger partial charge in [0.1, 0.15) is 0 Å². The molecule has 0 fully saturated rings. The highest BCUT2D eigenvalue weighted by Crippen LogP contribution is 2.23. The second-order valence-corrected chi connectivity index (χ2v) is 3.46. The van der Waals surface area contributed by atoms with Crippen molar-refractivity contribution in [2.45, 2.75) is 0 Å². The van der Waals surface area contributed by atoms with Gasteiger partial charge in [-0.25, -0.2) is 0 Å². The average Bonchev–Trinajstić information content (AvgIpc) is 2.08. The number of hydrogen-bond donors (Lipinski definition) is 0. The Balaban J connectivity index is 3.13. The van der Waals surface area contributed by atoms with Gasteiger partial charge >= 0.3 is 0 Å². The first-order valence-electron chi connectivity index (χ1n) is 3.27. The maximum absolute atomic E-state index is 11.1. The Morgan fingerprint density at radius 2 is 2.25 bits per heavy atom. The molecule has 0 bridgehead atoms. The summed E-state index contributed by atoms with van der Waals surface area (Å²) >= 11 is 9.01. The van der Waals surface area contributed by atoms with E-state index in [9.17, 15) is 4.79 Å². The van der Waals surface area contributed by atoms with E-state index in [0.29, 0.717) is 10.6 Å². The van der Waals surface area contributed by atoms with Crippen LogP contribution in [0.1, 0.15) is 10.4 Å². The zero-order valence-electron chi connectivity index (χ0n) is 6.18. The summed E-state index contributed by atoms with van der Waals surface area (Å²) in [7, 11) is 0. The minimum Gasteiger partial charge on any atom is -0.289 e. The van der Waals surface area contributed by atoms with Gasteiger partial charge in [-0.1, -0.05) is 18.2 Å². The number of carbonyl (C=O) groups excluding carboxylic acids is 1. The molecule has 1 rings (SSSR count). The Morgan fingerprint density at radius 1 is 1.58 bits per heavy atom. The van der Waals surface area contributed by atoms with Crippen molar-refractivity contribution in [1.82, 2.24) is 0 Å². The van der Waals surface area contributed by atoms with E-state index < -0.39 is 0 Å². The first-order chi connectivity index (χ1) is 5.65. The lowest BCUT2D eigenvalue weighted by Gasteiger charge is -1.98. The molecule has 3 heteroatoms. The molecular formula is C9H6BrClO. The van der Waals surface area contributed by atoms with Gasteiger partial charge in [0.25, 0.3) is 0 Å². The molecule has 62 valence electrons. The van der Waals surface area contributed by atoms with Gasteiger partial charge in [-0.2, -0.15) is 0 Å². The third-order valence-corrected chi connectivity index (χ3v) is 2.62. The molecule has 1 nitrogen and oxygen atoms in total. The van der Waals surface area contributed by atoms with Gasteiger partial charge in [-0.3, -0.25) is 4.79 Å². The van der Waals surface area contributed by atoms with Gasteiger partial charge < -0.3 is 0 Å². The molecule has 1 aromatic carbocycles. The lowest BCUT2D eigenvalue weighted by Crippen LogP contribution is -1.92. The smallest absolute Gasteiger partial charge is 0.185 e. The molecule has 0 spiro atoms. The summed E-state index contributed by atoms with van der Waals surface area (Å²) in [6.07, 6.45) is 1.26. The standard InChI is InChI=1S/C9H6BrClO/c1-2-9(12)6-3-4-7(10)8(11)5-6/h2-5H,1H2. The van der Waals surface area contributed by atoms with E-state index in [1.165, 1.54) is 6.08 Å². The molecule has 0 radical (unpaired) electrons. The number of rotatable bonds is 2. The lowest BCUT2D eigenvalue weighted by atomic mass is 10.1. The van der Waals surface area contributed by atoms with Crippen LogP contribution < -0.4 is 0 Å². The molecule has 0 saturated heterocycles. The third kappa shape index (κ3) is 1.96. The first kappa shape index (κ1) is 9.49. The summed E-state index contributed by atoms with van der Waals surface area (Å²) < 4.78 is 0.782. The van der Waals surface area contributed by atoms with Crippen LogP contribution in [0.5, 0.6) is 0 Å². The second kappa shape index (κ2) is 3.87. The highest BCUT2D eigenvalue weighted by molar-refractivity contribution is 9.10. The van der Waals surface area contributed by atoms with Gasteiger partial charge in [0.15, 0.2) is 5.78 Å². The third-order valence-electron chi connectivity index (χ3n) is 1.39. The summed E-state index contributed by atoms with van der Waals surface area (Å²) in [5.74, 6) is -0.121. The van der Waals surface area contributed by atoms with Crippen LogP contribution in [0.2, 0.25) is 5.02 Å². The molecule has 0 aliphatic carbocycles. The number of benzene rings is 1. The number of carbonyl (C=O) groups is 1. The Labute approximate surface area is 84.2 Å². The van der Waals surface area contributed by atoms with Crippen molar-refractivity contribution in [2.75, 3.05) is 0 Å². The van der Waals surface area contributed by atoms with E-state index in [1.54, 1.807) is 18.2 Å². The zero-order valence-corrected chi connectivity index (χ0v) is 8.52. The van der Waals surface area contributed by atoms with Crippen molar-refractivity contribution < 1.29 is 4.79 Å². The van der Waals surface area contributed by atoms with Crippen LogP contribution >= 0.6 is 27.5 Å². The predicted octanol–water partition coefficient (Wildman–Crippen LogP) is 3.47. The van der Waals surface area contributed by atoms with Crippen LogP contribution in [0.15, 0.2) is 35.3 Å². The minimum absolute atomic E-state index is 0.121. The maximum atomic E-state index is 11.1. The summed E-state index contributed by atoms with van der Waals surface area (Å²) in [6.45, 7) is 3.38. The van der Waals surface area contributed by atoms with Crippen molar-refractivity contribution in [1.29, 1.82) is 0 Å². The topological polar surface area (TPSA) is 17.1 Å². The Hall–Kier alpha value is -0.600. The highest BCUT2D eigenvalue weighted by Gasteiger charge is 2.03. The van der Waals surface area contributed by atoms with E-state index in [-0.39, 0.29) is 5.78 Å². The fraction of sp³-hybridized carbons (Fsp3) is 0. The summed E-state index contributed by atoms with van der Waals surface area (Å²) in [5.41, 5.74) is 0.554. The van der Waals surface area contributed by atoms with Crippen LogP contribution in [0.25, 0.3) is 0 Å². The van der Waals surface area contributed by atoms with Gasteiger partial charge in [-0.05, 0) is 40.2 Å². The number of allylic oxidation sites excluding steroid dienone is 1. The molecule has 0 heterocycles. The van der Waals surface area contributed by atoms with E-state index in [1.807, 2.05) is 0 Å². The fourth-order valence-electron chi connectivity index (χ4n) is 0.767. The van der Waals surface area contributed by atoms with Crippen molar-refractivity contribution >= 4 is 33.3 Å². The molecular weight excluding hydrogens is 239 g/mol. The van der Waals surface area contributed by atoms with Crippen LogP contribution in [-0.2, 0) is 0 Å². The molecule has 0 aliphatic rings. The van der Waals surface area contributed by atoms with Crippen LogP contribution in [0, 0.1) is 0 Å². The largest absolute Gasteiger partial charge is 0.289 e. The number of hydrogen-bond acceptors (Lipinski definition) is 1. The van der Waals surface area contributed by atoms with Gasteiger partial charge in [0.2, 0.25) is 0 Å². The quantitative estimate of drug-likeness (QED) is 0.576. The molecule has 0 aromatic heterocycles. The molecule has 0 amide bonds. The van der Waals surface area contributed by atoms with Crippen LogP contribution in [0.3, 0.4) is 0 Å². The number of ketones is 1. The molecule has 0 N–H and O–H groups in total. The van der Waals surface area contributed by atoms with E-state index >= 15 is 0 Å². The molecule has 12 heavy (non-hydrogen) atoms. The summed E-state index contributed by atoms with van der Waals surface area (Å²) in [4.78, 5) is 11.1. The fourth-order valence-corrected chi connectivity index (χ4v) is 1.19. The Morgan fingerprint density at radius 3 is 2.75 bits per heavy atom. The van der Waals surface area contributed by atoms with Crippen LogP contribution in [0.4, 0.5) is 0 Å². The van der Waals surface area contributed by atoms with Gasteiger partial charge in [0.05, 0.1) is 5.02 Å². The predicted molar refractivity (Wildman–Crippen MR) is 53.7 cm³/mol. The SMILES string of the molecule is C=CC(=O)c1ccc(Br)c(Cl)c1. The van der Waals surface area contributed by atoms with Gasteiger partial charge in [0, 0.05) is 10.0 Å². The van der Waals surface area contributed by atoms with E-state index in [4.69, 9.17) is 11.6 Å². The number of halogens is 2. The van der Waals surface area contributed by atoms with Crippen molar-refractivity contribution in [3.05, 3.63) is 45.9 Å². The molecule has 0 aliphatic heterocycles. The minimum atomic E-state index is -0.121. The zero-order chi connectivity index (χ0) is 9.14. The van der Waals surface area contributed by atoms with Crippen molar-refractivity contribution in [3.8, 4) is 0 Å². The molecule has 1 aromatic rings. The maximum Gasteiger partial charge on any atom is 0.185 e. The van der Waals surface area contributed by atoms with Crippen molar-refractivity contribution in [2.24, 2.45) is 0 Å². The second-order valence-electron chi connectivity index (χ2n) is 2.20. The van der Waals surface area contributed by atoms with Crippen LogP contribution in [-0.4, -0.2) is 5.78 Å². The van der Waals surface area contributed by atoms with E-state index in [2.05, 4.69) is 22.5 Å². The lowest BCUT2D eigenvalue weighted by molar-refractivity contribution is 0.104. The highest BCUT2D eigenvalue weighted by atomic mass is 79.9. The van der Waals surface area contributed by atoms with E-state index in [0.717, 1.165) is 4.47 Å². The average molecular weight is 246 g/mol. The Bertz CT molecular complexity index is 333. The molecule has 0 atom stereocenters. The Kier molecular flexibility index (Phi) is 3.06. The van der Waals surface area contributed by atoms with Gasteiger partial charge in [-0.15, -0.1) is 0 Å². The van der Waals surface area contributed by atoms with Crippen molar-refractivity contribution in [3.63, 3.8) is 0 Å². The summed E-state index contributed by atoms with van der Waals surface area (Å²) in [5, 5.41) is 0.530. The molecule has 0 saturated carbocycles. The monoisotopic (exact) mass is 244 g/mol. The molecule has 0 unspecified atom stereocenters.